The van der Waals surface area contributed by atoms with Gasteiger partial charge in [0.05, 0.1) is 16.7 Å². The molecule has 0 aliphatic rings. The van der Waals surface area contributed by atoms with E-state index < -0.39 is 0 Å². The molecule has 0 saturated heterocycles. The third-order valence-corrected chi connectivity index (χ3v) is 4.23. The Morgan fingerprint density at radius 1 is 1.15 bits per heavy atom. The molecule has 0 N–H and O–H groups in total. The molecule has 2 nitrogen and oxygen atoms in total. The molecular formula is C15H11Cl2IO2. The van der Waals surface area contributed by atoms with Crippen LogP contribution < -0.4 is 4.74 Å². The molecule has 2 aromatic carbocycles. The van der Waals surface area contributed by atoms with E-state index in [0.29, 0.717) is 33.5 Å². The molecule has 2 aromatic rings. The molecule has 5 heteroatoms. The first-order chi connectivity index (χ1) is 9.54. The summed E-state index contributed by atoms with van der Waals surface area (Å²) < 4.78 is 6.22. The number of carbonyl (C=O) groups excluding carboxylic acids is 1. The summed E-state index contributed by atoms with van der Waals surface area (Å²) in [5.74, 6) is 0.337. The number of halogens is 3. The van der Waals surface area contributed by atoms with Crippen LogP contribution in [0.15, 0.2) is 36.4 Å². The van der Waals surface area contributed by atoms with Gasteiger partial charge in [-0.25, -0.2) is 0 Å². The minimum Gasteiger partial charge on any atom is -0.492 e. The van der Waals surface area contributed by atoms with Crippen LogP contribution in [0.25, 0.3) is 0 Å². The van der Waals surface area contributed by atoms with Crippen molar-refractivity contribution in [3.63, 3.8) is 0 Å². The largest absolute Gasteiger partial charge is 0.492 e. The molecule has 0 radical (unpaired) electrons. The van der Waals surface area contributed by atoms with Crippen molar-refractivity contribution in [1.29, 1.82) is 0 Å². The standard InChI is InChI=1S/C15H11Cl2IO2/c1-2-20-14-8-11(16)10(7-12(14)17)15(19)9-5-3-4-6-13(9)18/h3-8H,2H2,1H3. The lowest BCUT2D eigenvalue weighted by molar-refractivity contribution is 0.103. The highest BCUT2D eigenvalue weighted by Gasteiger charge is 2.18. The van der Waals surface area contributed by atoms with E-state index in [1.54, 1.807) is 18.2 Å². The Morgan fingerprint density at radius 3 is 2.50 bits per heavy atom. The van der Waals surface area contributed by atoms with Gasteiger partial charge in [0.15, 0.2) is 5.78 Å². The zero-order valence-electron chi connectivity index (χ0n) is 10.6. The third kappa shape index (κ3) is 3.27. The molecule has 2 rings (SSSR count). The first kappa shape index (κ1) is 15.6. The fraction of sp³-hybridized carbons (Fsp3) is 0.133. The summed E-state index contributed by atoms with van der Waals surface area (Å²) in [6.45, 7) is 2.34. The summed E-state index contributed by atoms with van der Waals surface area (Å²) in [5.41, 5.74) is 0.986. The van der Waals surface area contributed by atoms with Crippen LogP contribution in [0.2, 0.25) is 10.0 Å². The topological polar surface area (TPSA) is 26.3 Å². The highest BCUT2D eigenvalue weighted by atomic mass is 127. The fourth-order valence-corrected chi connectivity index (χ4v) is 2.85. The molecule has 20 heavy (non-hydrogen) atoms. The quantitative estimate of drug-likeness (QED) is 0.500. The number of benzene rings is 2. The Balaban J connectivity index is 2.46. The highest BCUT2D eigenvalue weighted by molar-refractivity contribution is 14.1. The Bertz CT molecular complexity index is 656. The first-order valence-electron chi connectivity index (χ1n) is 5.95. The van der Waals surface area contributed by atoms with E-state index >= 15 is 0 Å². The van der Waals surface area contributed by atoms with E-state index in [1.165, 1.54) is 0 Å². The lowest BCUT2D eigenvalue weighted by atomic mass is 10.0. The van der Waals surface area contributed by atoms with Crippen molar-refractivity contribution in [2.45, 2.75) is 6.92 Å². The Labute approximate surface area is 141 Å². The van der Waals surface area contributed by atoms with Crippen LogP contribution >= 0.6 is 45.8 Å². The normalized spacial score (nSPS) is 10.4. The van der Waals surface area contributed by atoms with E-state index in [2.05, 4.69) is 22.6 Å². The van der Waals surface area contributed by atoms with E-state index in [1.807, 2.05) is 25.1 Å². The van der Waals surface area contributed by atoms with Crippen LogP contribution in [0.1, 0.15) is 22.8 Å². The van der Waals surface area contributed by atoms with Gasteiger partial charge >= 0.3 is 0 Å². The van der Waals surface area contributed by atoms with Crippen LogP contribution in [-0.4, -0.2) is 12.4 Å². The van der Waals surface area contributed by atoms with Gasteiger partial charge in [0.25, 0.3) is 0 Å². The van der Waals surface area contributed by atoms with Gasteiger partial charge < -0.3 is 4.74 Å². The monoisotopic (exact) mass is 420 g/mol. The van der Waals surface area contributed by atoms with Crippen molar-refractivity contribution in [1.82, 2.24) is 0 Å². The SMILES string of the molecule is CCOc1cc(Cl)c(C(=O)c2ccccc2I)cc1Cl. The minimum atomic E-state index is -0.148. The van der Waals surface area contributed by atoms with Crippen molar-refractivity contribution in [3.8, 4) is 5.75 Å². The zero-order valence-corrected chi connectivity index (χ0v) is 14.3. The maximum atomic E-state index is 12.5. The van der Waals surface area contributed by atoms with Crippen LogP contribution in [0.3, 0.4) is 0 Å². The molecule has 0 aliphatic carbocycles. The molecule has 0 saturated carbocycles. The third-order valence-electron chi connectivity index (χ3n) is 2.68. The Morgan fingerprint density at radius 2 is 1.85 bits per heavy atom. The van der Waals surface area contributed by atoms with Gasteiger partial charge in [0, 0.05) is 20.8 Å². The van der Waals surface area contributed by atoms with Crippen molar-refractivity contribution in [3.05, 3.63) is 61.1 Å². The Hall–Kier alpha value is -0.780. The molecule has 0 aliphatic heterocycles. The smallest absolute Gasteiger partial charge is 0.195 e. The van der Waals surface area contributed by atoms with E-state index in [0.717, 1.165) is 3.57 Å². The molecule has 104 valence electrons. The maximum Gasteiger partial charge on any atom is 0.195 e. The summed E-state index contributed by atoms with van der Waals surface area (Å²) in [6, 6.07) is 10.5. The number of rotatable bonds is 4. The van der Waals surface area contributed by atoms with E-state index in [9.17, 15) is 4.79 Å². The van der Waals surface area contributed by atoms with Crippen molar-refractivity contribution in [2.75, 3.05) is 6.61 Å². The molecule has 0 aromatic heterocycles. The summed E-state index contributed by atoms with van der Waals surface area (Å²) in [5, 5.41) is 0.716. The van der Waals surface area contributed by atoms with Gasteiger partial charge in [-0.3, -0.25) is 4.79 Å². The lowest BCUT2D eigenvalue weighted by Gasteiger charge is -2.10. The van der Waals surface area contributed by atoms with Gasteiger partial charge in [-0.15, -0.1) is 0 Å². The number of ether oxygens (including phenoxy) is 1. The first-order valence-corrected chi connectivity index (χ1v) is 7.79. The summed E-state index contributed by atoms with van der Waals surface area (Å²) in [7, 11) is 0. The molecule has 0 spiro atoms. The molecule has 0 unspecified atom stereocenters. The maximum absolute atomic E-state index is 12.5. The number of ketones is 1. The van der Waals surface area contributed by atoms with E-state index in [-0.39, 0.29) is 5.78 Å². The van der Waals surface area contributed by atoms with Gasteiger partial charge in [-0.2, -0.15) is 0 Å². The average molecular weight is 421 g/mol. The van der Waals surface area contributed by atoms with Gasteiger partial charge in [-0.05, 0) is 47.7 Å². The van der Waals surface area contributed by atoms with Gasteiger partial charge in [0.2, 0.25) is 0 Å². The lowest BCUT2D eigenvalue weighted by Crippen LogP contribution is -2.05. The second kappa shape index (κ2) is 6.78. The second-order valence-electron chi connectivity index (χ2n) is 4.00. The van der Waals surface area contributed by atoms with Crippen molar-refractivity contribution >= 4 is 51.6 Å². The predicted octanol–water partition coefficient (Wildman–Crippen LogP) is 5.23. The Kier molecular flexibility index (Phi) is 5.29. The molecule has 0 heterocycles. The average Bonchev–Trinajstić information content (AvgIpc) is 2.42. The zero-order chi connectivity index (χ0) is 14.7. The number of hydrogen-bond donors (Lipinski definition) is 0. The minimum absolute atomic E-state index is 0.148. The van der Waals surface area contributed by atoms with Crippen LogP contribution in [0.4, 0.5) is 0 Å². The van der Waals surface area contributed by atoms with E-state index in [4.69, 9.17) is 27.9 Å². The molecular weight excluding hydrogens is 410 g/mol. The number of carbonyl (C=O) groups is 1. The van der Waals surface area contributed by atoms with Crippen LogP contribution in [0.5, 0.6) is 5.75 Å². The highest BCUT2D eigenvalue weighted by Crippen LogP contribution is 2.32. The fourth-order valence-electron chi connectivity index (χ4n) is 1.76. The number of hydrogen-bond acceptors (Lipinski definition) is 2. The molecule has 0 bridgehead atoms. The van der Waals surface area contributed by atoms with Gasteiger partial charge in [-0.1, -0.05) is 35.3 Å². The summed E-state index contributed by atoms with van der Waals surface area (Å²) >= 11 is 14.4. The van der Waals surface area contributed by atoms with Crippen molar-refractivity contribution < 1.29 is 9.53 Å². The summed E-state index contributed by atoms with van der Waals surface area (Å²) in [4.78, 5) is 12.5. The molecule has 0 atom stereocenters. The van der Waals surface area contributed by atoms with Crippen LogP contribution in [-0.2, 0) is 0 Å². The van der Waals surface area contributed by atoms with Gasteiger partial charge in [0.1, 0.15) is 5.75 Å². The second-order valence-corrected chi connectivity index (χ2v) is 5.98. The predicted molar refractivity (Wildman–Crippen MR) is 90.2 cm³/mol. The molecule has 0 fully saturated rings. The van der Waals surface area contributed by atoms with Crippen LogP contribution in [0, 0.1) is 3.57 Å². The summed E-state index contributed by atoms with van der Waals surface area (Å²) in [6.07, 6.45) is 0. The van der Waals surface area contributed by atoms with Crippen molar-refractivity contribution in [2.24, 2.45) is 0 Å². The molecule has 0 amide bonds.